The molecule has 0 N–H and O–H groups in total. The van der Waals surface area contributed by atoms with Crippen LogP contribution in [-0.4, -0.2) is 68.6 Å². The summed E-state index contributed by atoms with van der Waals surface area (Å²) < 4.78 is 40.7. The lowest BCUT2D eigenvalue weighted by Crippen LogP contribution is -2.48. The molecule has 0 bridgehead atoms. The number of hydrogen-bond donors (Lipinski definition) is 0. The van der Waals surface area contributed by atoms with E-state index in [0.717, 1.165) is 25.7 Å². The fourth-order valence-electron chi connectivity index (χ4n) is 4.45. The summed E-state index contributed by atoms with van der Waals surface area (Å²) in [5.74, 6) is 0.450. The summed E-state index contributed by atoms with van der Waals surface area (Å²) in [4.78, 5) is 27.4. The highest BCUT2D eigenvalue weighted by Crippen LogP contribution is 2.31. The van der Waals surface area contributed by atoms with Gasteiger partial charge in [-0.1, -0.05) is 26.7 Å². The Morgan fingerprint density at radius 2 is 1.79 bits per heavy atom. The van der Waals surface area contributed by atoms with Crippen LogP contribution < -0.4 is 9.47 Å². The number of carbonyl (C=O) groups is 2. The smallest absolute Gasteiger partial charge is 0.338 e. The summed E-state index contributed by atoms with van der Waals surface area (Å²) in [6.45, 7) is 6.44. The van der Waals surface area contributed by atoms with Crippen molar-refractivity contribution in [3.63, 3.8) is 0 Å². The fraction of sp³-hybridized carbons (Fsp3) is 0.667. The van der Waals surface area contributed by atoms with Crippen molar-refractivity contribution in [1.82, 2.24) is 4.90 Å². The standard InChI is InChI=1S/C24H35NO7S/c1-4-30-22-13-18(9-10-21(22)31-14-17(2)3)24(27)32-15-23(26)25(19-7-5-6-8-19)20-11-12-33(28,29)16-20/h9-10,13,17,19-20H,4-8,11-12,14-16H2,1-3H3/t20-/m0/s1. The summed E-state index contributed by atoms with van der Waals surface area (Å²) in [6.07, 6.45) is 4.17. The van der Waals surface area contributed by atoms with E-state index in [9.17, 15) is 18.0 Å². The van der Waals surface area contributed by atoms with Crippen LogP contribution in [0.5, 0.6) is 11.5 Å². The first-order valence-electron chi connectivity index (χ1n) is 11.8. The van der Waals surface area contributed by atoms with Crippen molar-refractivity contribution in [2.75, 3.05) is 31.3 Å². The summed E-state index contributed by atoms with van der Waals surface area (Å²) in [5, 5.41) is 0. The van der Waals surface area contributed by atoms with E-state index in [4.69, 9.17) is 14.2 Å². The summed E-state index contributed by atoms with van der Waals surface area (Å²) in [5.41, 5.74) is 0.263. The average molecular weight is 482 g/mol. The zero-order valence-corrected chi connectivity index (χ0v) is 20.6. The number of nitrogens with zero attached hydrogens (tertiary/aromatic N) is 1. The Kier molecular flexibility index (Phi) is 8.62. The van der Waals surface area contributed by atoms with Crippen LogP contribution in [0.25, 0.3) is 0 Å². The molecule has 184 valence electrons. The van der Waals surface area contributed by atoms with Gasteiger partial charge in [0.2, 0.25) is 0 Å². The second kappa shape index (κ2) is 11.2. The van der Waals surface area contributed by atoms with E-state index in [0.29, 0.717) is 37.1 Å². The predicted octanol–water partition coefficient (Wildman–Crippen LogP) is 3.24. The Morgan fingerprint density at radius 1 is 1.06 bits per heavy atom. The zero-order valence-electron chi connectivity index (χ0n) is 19.7. The van der Waals surface area contributed by atoms with Gasteiger partial charge < -0.3 is 19.1 Å². The molecular weight excluding hydrogens is 446 g/mol. The molecule has 2 fully saturated rings. The van der Waals surface area contributed by atoms with Gasteiger partial charge in [-0.25, -0.2) is 13.2 Å². The Balaban J connectivity index is 1.66. The molecule has 1 aliphatic heterocycles. The molecule has 1 amide bonds. The number of hydrogen-bond acceptors (Lipinski definition) is 7. The number of esters is 1. The third-order valence-electron chi connectivity index (χ3n) is 5.99. The first-order valence-corrected chi connectivity index (χ1v) is 13.6. The minimum Gasteiger partial charge on any atom is -0.490 e. The third-order valence-corrected chi connectivity index (χ3v) is 7.74. The van der Waals surface area contributed by atoms with Crippen LogP contribution in [0.1, 0.15) is 63.2 Å². The van der Waals surface area contributed by atoms with Crippen molar-refractivity contribution in [3.05, 3.63) is 23.8 Å². The van der Waals surface area contributed by atoms with Gasteiger partial charge >= 0.3 is 5.97 Å². The molecule has 0 unspecified atom stereocenters. The molecule has 0 spiro atoms. The van der Waals surface area contributed by atoms with Crippen LogP contribution in [0.15, 0.2) is 18.2 Å². The second-order valence-corrected chi connectivity index (χ2v) is 11.4. The monoisotopic (exact) mass is 481 g/mol. The topological polar surface area (TPSA) is 99.2 Å². The molecule has 33 heavy (non-hydrogen) atoms. The molecule has 0 aromatic heterocycles. The maximum absolute atomic E-state index is 13.0. The zero-order chi connectivity index (χ0) is 24.0. The van der Waals surface area contributed by atoms with E-state index >= 15 is 0 Å². The van der Waals surface area contributed by atoms with Crippen molar-refractivity contribution in [1.29, 1.82) is 0 Å². The van der Waals surface area contributed by atoms with Crippen LogP contribution >= 0.6 is 0 Å². The minimum atomic E-state index is -3.13. The lowest BCUT2D eigenvalue weighted by atomic mass is 10.1. The lowest BCUT2D eigenvalue weighted by molar-refractivity contribution is -0.139. The fourth-order valence-corrected chi connectivity index (χ4v) is 6.16. The first-order chi connectivity index (χ1) is 15.7. The number of rotatable bonds is 10. The number of benzene rings is 1. The summed E-state index contributed by atoms with van der Waals surface area (Å²) in [7, 11) is -3.13. The van der Waals surface area contributed by atoms with Crippen LogP contribution in [0, 0.1) is 5.92 Å². The normalized spacial score (nSPS) is 20.1. The summed E-state index contributed by atoms with van der Waals surface area (Å²) in [6, 6.07) is 4.48. The molecule has 1 saturated heterocycles. The maximum Gasteiger partial charge on any atom is 0.338 e. The number of carbonyl (C=O) groups excluding carboxylic acids is 2. The molecule has 1 aromatic carbocycles. The molecular formula is C24H35NO7S. The van der Waals surface area contributed by atoms with Crippen molar-refractivity contribution in [3.8, 4) is 11.5 Å². The predicted molar refractivity (Wildman–Crippen MR) is 124 cm³/mol. The summed E-state index contributed by atoms with van der Waals surface area (Å²) >= 11 is 0. The largest absolute Gasteiger partial charge is 0.490 e. The van der Waals surface area contributed by atoms with Crippen LogP contribution in [0.2, 0.25) is 0 Å². The Labute approximate surface area is 196 Å². The van der Waals surface area contributed by atoms with E-state index in [-0.39, 0.29) is 35.1 Å². The molecule has 3 rings (SSSR count). The molecule has 1 heterocycles. The van der Waals surface area contributed by atoms with Gasteiger partial charge in [-0.15, -0.1) is 0 Å². The molecule has 2 aliphatic rings. The van der Waals surface area contributed by atoms with E-state index < -0.39 is 22.4 Å². The average Bonchev–Trinajstić information content (AvgIpc) is 3.41. The first kappa shape index (κ1) is 25.3. The Morgan fingerprint density at radius 3 is 2.39 bits per heavy atom. The highest BCUT2D eigenvalue weighted by atomic mass is 32.2. The van der Waals surface area contributed by atoms with Crippen molar-refractivity contribution < 1.29 is 32.2 Å². The molecule has 8 nitrogen and oxygen atoms in total. The second-order valence-electron chi connectivity index (χ2n) is 9.17. The lowest BCUT2D eigenvalue weighted by Gasteiger charge is -2.33. The minimum absolute atomic E-state index is 0.0106. The number of ether oxygens (including phenoxy) is 3. The van der Waals surface area contributed by atoms with E-state index in [2.05, 4.69) is 0 Å². The quantitative estimate of drug-likeness (QED) is 0.473. The van der Waals surface area contributed by atoms with Gasteiger partial charge in [0.1, 0.15) is 0 Å². The van der Waals surface area contributed by atoms with Crippen LogP contribution in [0.4, 0.5) is 0 Å². The van der Waals surface area contributed by atoms with Crippen molar-refractivity contribution in [2.24, 2.45) is 5.92 Å². The molecule has 1 saturated carbocycles. The Bertz CT molecular complexity index is 938. The highest BCUT2D eigenvalue weighted by Gasteiger charge is 2.39. The van der Waals surface area contributed by atoms with Crippen molar-refractivity contribution >= 4 is 21.7 Å². The van der Waals surface area contributed by atoms with Gasteiger partial charge in [-0.2, -0.15) is 0 Å². The SMILES string of the molecule is CCOc1cc(C(=O)OCC(=O)N(C2CCCC2)[C@H]2CCS(=O)(=O)C2)ccc1OCC(C)C. The maximum atomic E-state index is 13.0. The van der Waals surface area contributed by atoms with Gasteiger partial charge in [0.25, 0.3) is 5.91 Å². The molecule has 9 heteroatoms. The number of sulfone groups is 1. The molecule has 1 atom stereocenters. The van der Waals surface area contributed by atoms with Crippen LogP contribution in [0.3, 0.4) is 0 Å². The molecule has 1 aliphatic carbocycles. The van der Waals surface area contributed by atoms with Gasteiger partial charge in [0.05, 0.1) is 30.3 Å². The van der Waals surface area contributed by atoms with Crippen LogP contribution in [-0.2, 0) is 19.4 Å². The van der Waals surface area contributed by atoms with Crippen molar-refractivity contribution in [2.45, 2.75) is 65.0 Å². The van der Waals surface area contributed by atoms with Gasteiger partial charge in [0.15, 0.2) is 27.9 Å². The molecule has 1 aromatic rings. The third kappa shape index (κ3) is 6.85. The van der Waals surface area contributed by atoms with E-state index in [1.807, 2.05) is 20.8 Å². The van der Waals surface area contributed by atoms with Gasteiger partial charge in [-0.3, -0.25) is 4.79 Å². The molecule has 0 radical (unpaired) electrons. The highest BCUT2D eigenvalue weighted by molar-refractivity contribution is 7.91. The Hall–Kier alpha value is -2.29. The number of amides is 1. The van der Waals surface area contributed by atoms with E-state index in [1.165, 1.54) is 0 Å². The van der Waals surface area contributed by atoms with E-state index in [1.54, 1.807) is 23.1 Å². The van der Waals surface area contributed by atoms with Gasteiger partial charge in [0, 0.05) is 12.1 Å². The van der Waals surface area contributed by atoms with Gasteiger partial charge in [-0.05, 0) is 50.3 Å².